The van der Waals surface area contributed by atoms with Crippen LogP contribution < -0.4 is 16.0 Å². The Balaban J connectivity index is 1.73. The monoisotopic (exact) mass is 283 g/mol. The molecule has 0 radical (unpaired) electrons. The molecule has 0 spiro atoms. The largest absolute Gasteiger partial charge is 0.366 e. The second kappa shape index (κ2) is 6.54. The van der Waals surface area contributed by atoms with Gasteiger partial charge in [0.2, 0.25) is 5.95 Å². The van der Waals surface area contributed by atoms with Gasteiger partial charge in [-0.3, -0.25) is 0 Å². The van der Waals surface area contributed by atoms with E-state index < -0.39 is 0 Å². The predicted molar refractivity (Wildman–Crippen MR) is 86.0 cm³/mol. The summed E-state index contributed by atoms with van der Waals surface area (Å²) < 4.78 is 0. The first-order valence-electron chi connectivity index (χ1n) is 7.44. The number of rotatable bonds is 4. The summed E-state index contributed by atoms with van der Waals surface area (Å²) in [5.74, 6) is 1.52. The average Bonchev–Trinajstić information content (AvgIpc) is 2.48. The van der Waals surface area contributed by atoms with E-state index in [9.17, 15) is 0 Å². The summed E-state index contributed by atoms with van der Waals surface area (Å²) in [7, 11) is 0. The molecule has 1 aromatic heterocycles. The Kier molecular flexibility index (Phi) is 4.31. The molecule has 3 N–H and O–H groups in total. The van der Waals surface area contributed by atoms with Crippen LogP contribution in [0, 0.1) is 6.92 Å². The quantitative estimate of drug-likeness (QED) is 0.805. The first-order chi connectivity index (χ1) is 10.3. The Hall–Kier alpha value is -2.14. The fourth-order valence-corrected chi connectivity index (χ4v) is 2.53. The van der Waals surface area contributed by atoms with Crippen molar-refractivity contribution in [3.63, 3.8) is 0 Å². The van der Waals surface area contributed by atoms with Crippen molar-refractivity contribution in [2.24, 2.45) is 0 Å². The molecule has 1 unspecified atom stereocenters. The predicted octanol–water partition coefficient (Wildman–Crippen LogP) is 2.69. The van der Waals surface area contributed by atoms with Gasteiger partial charge < -0.3 is 16.0 Å². The number of para-hydroxylation sites is 1. The summed E-state index contributed by atoms with van der Waals surface area (Å²) in [6, 6.07) is 12.4. The molecule has 0 saturated carbocycles. The van der Waals surface area contributed by atoms with E-state index in [4.69, 9.17) is 0 Å². The molecule has 0 amide bonds. The van der Waals surface area contributed by atoms with E-state index in [1.54, 1.807) is 0 Å². The molecule has 3 rings (SSSR count). The Labute approximate surface area is 125 Å². The Morgan fingerprint density at radius 2 is 2.05 bits per heavy atom. The van der Waals surface area contributed by atoms with Crippen LogP contribution in [0.3, 0.4) is 0 Å². The lowest BCUT2D eigenvalue weighted by molar-refractivity contribution is 0.479. The van der Waals surface area contributed by atoms with Crippen molar-refractivity contribution in [1.82, 2.24) is 15.3 Å². The first kappa shape index (κ1) is 13.8. The second-order valence-electron chi connectivity index (χ2n) is 5.40. The van der Waals surface area contributed by atoms with E-state index in [0.717, 1.165) is 30.3 Å². The minimum absolute atomic E-state index is 0.442. The third-order valence-electron chi connectivity index (χ3n) is 3.53. The number of hydrogen-bond donors (Lipinski definition) is 3. The zero-order valence-corrected chi connectivity index (χ0v) is 12.3. The summed E-state index contributed by atoms with van der Waals surface area (Å²) in [5, 5.41) is 10.1. The number of hydrogen-bond acceptors (Lipinski definition) is 5. The smallest absolute Gasteiger partial charge is 0.229 e. The maximum Gasteiger partial charge on any atom is 0.229 e. The zero-order valence-electron chi connectivity index (χ0n) is 12.3. The van der Waals surface area contributed by atoms with Gasteiger partial charge in [0.25, 0.3) is 0 Å². The maximum atomic E-state index is 4.56. The highest BCUT2D eigenvalue weighted by Crippen LogP contribution is 2.17. The summed E-state index contributed by atoms with van der Waals surface area (Å²) in [6.45, 7) is 4.09. The van der Waals surface area contributed by atoms with Crippen molar-refractivity contribution in [3.05, 3.63) is 42.1 Å². The number of aryl methyl sites for hydroxylation is 1. The summed E-state index contributed by atoms with van der Waals surface area (Å²) in [5.41, 5.74) is 1.95. The van der Waals surface area contributed by atoms with E-state index in [1.807, 2.05) is 43.3 Å². The van der Waals surface area contributed by atoms with Crippen LogP contribution in [0.15, 0.2) is 36.4 Å². The highest BCUT2D eigenvalue weighted by atomic mass is 15.2. The van der Waals surface area contributed by atoms with Crippen LogP contribution in [-0.2, 0) is 0 Å². The average molecular weight is 283 g/mol. The van der Waals surface area contributed by atoms with E-state index in [2.05, 4.69) is 25.9 Å². The van der Waals surface area contributed by atoms with Crippen molar-refractivity contribution < 1.29 is 0 Å². The molecule has 1 fully saturated rings. The molecule has 110 valence electrons. The van der Waals surface area contributed by atoms with Gasteiger partial charge in [-0.05, 0) is 38.4 Å². The molecule has 2 heterocycles. The molecule has 1 aromatic carbocycles. The summed E-state index contributed by atoms with van der Waals surface area (Å²) in [4.78, 5) is 9.01. The third kappa shape index (κ3) is 3.92. The highest BCUT2D eigenvalue weighted by Gasteiger charge is 2.13. The van der Waals surface area contributed by atoms with E-state index in [-0.39, 0.29) is 0 Å². The van der Waals surface area contributed by atoms with Crippen LogP contribution in [-0.4, -0.2) is 29.1 Å². The van der Waals surface area contributed by atoms with Gasteiger partial charge in [0.1, 0.15) is 5.82 Å². The van der Waals surface area contributed by atoms with Crippen molar-refractivity contribution in [1.29, 1.82) is 0 Å². The number of piperidine rings is 1. The Morgan fingerprint density at radius 1 is 1.19 bits per heavy atom. The minimum atomic E-state index is 0.442. The molecule has 2 aromatic rings. The molecule has 1 atom stereocenters. The van der Waals surface area contributed by atoms with E-state index in [1.165, 1.54) is 12.8 Å². The van der Waals surface area contributed by atoms with Crippen LogP contribution in [0.2, 0.25) is 0 Å². The van der Waals surface area contributed by atoms with Crippen LogP contribution in [0.1, 0.15) is 18.5 Å². The van der Waals surface area contributed by atoms with Crippen LogP contribution >= 0.6 is 0 Å². The zero-order chi connectivity index (χ0) is 14.5. The maximum absolute atomic E-state index is 4.56. The van der Waals surface area contributed by atoms with Crippen molar-refractivity contribution in [2.45, 2.75) is 25.8 Å². The van der Waals surface area contributed by atoms with Crippen LogP contribution in [0.25, 0.3) is 0 Å². The number of nitrogens with one attached hydrogen (secondary N) is 3. The van der Waals surface area contributed by atoms with Gasteiger partial charge in [-0.25, -0.2) is 4.98 Å². The molecular formula is C16H21N5. The SMILES string of the molecule is Cc1cc(NC2CCCNC2)nc(Nc2ccccc2)n1. The molecule has 5 nitrogen and oxygen atoms in total. The van der Waals surface area contributed by atoms with Gasteiger partial charge in [-0.2, -0.15) is 4.98 Å². The normalized spacial score (nSPS) is 18.2. The van der Waals surface area contributed by atoms with Crippen molar-refractivity contribution in [2.75, 3.05) is 23.7 Å². The number of anilines is 3. The standard InChI is InChI=1S/C16H21N5/c1-12-10-15(19-14-8-5-9-17-11-14)21-16(18-12)20-13-6-3-2-4-7-13/h2-4,6-7,10,14,17H,5,8-9,11H2,1H3,(H2,18,19,20,21). The van der Waals surface area contributed by atoms with Crippen LogP contribution in [0.5, 0.6) is 0 Å². The Morgan fingerprint density at radius 3 is 2.81 bits per heavy atom. The van der Waals surface area contributed by atoms with Crippen molar-refractivity contribution >= 4 is 17.5 Å². The molecule has 0 aliphatic carbocycles. The van der Waals surface area contributed by atoms with E-state index >= 15 is 0 Å². The lowest BCUT2D eigenvalue weighted by atomic mass is 10.1. The summed E-state index contributed by atoms with van der Waals surface area (Å²) in [6.07, 6.45) is 2.38. The van der Waals surface area contributed by atoms with Gasteiger partial charge >= 0.3 is 0 Å². The first-order valence-corrected chi connectivity index (χ1v) is 7.44. The van der Waals surface area contributed by atoms with Gasteiger partial charge in [0, 0.05) is 30.0 Å². The van der Waals surface area contributed by atoms with Gasteiger partial charge in [-0.15, -0.1) is 0 Å². The van der Waals surface area contributed by atoms with Gasteiger partial charge in [0.15, 0.2) is 0 Å². The molecule has 5 heteroatoms. The van der Waals surface area contributed by atoms with Crippen LogP contribution in [0.4, 0.5) is 17.5 Å². The highest BCUT2D eigenvalue weighted by molar-refractivity contribution is 5.55. The number of benzene rings is 1. The van der Waals surface area contributed by atoms with Crippen molar-refractivity contribution in [3.8, 4) is 0 Å². The lowest BCUT2D eigenvalue weighted by Crippen LogP contribution is -2.38. The summed E-state index contributed by atoms with van der Waals surface area (Å²) >= 11 is 0. The second-order valence-corrected chi connectivity index (χ2v) is 5.40. The molecule has 1 aliphatic rings. The molecule has 0 bridgehead atoms. The third-order valence-corrected chi connectivity index (χ3v) is 3.53. The van der Waals surface area contributed by atoms with Gasteiger partial charge in [0.05, 0.1) is 0 Å². The topological polar surface area (TPSA) is 61.9 Å². The van der Waals surface area contributed by atoms with Gasteiger partial charge in [-0.1, -0.05) is 18.2 Å². The minimum Gasteiger partial charge on any atom is -0.366 e. The molecular weight excluding hydrogens is 262 g/mol. The Bertz CT molecular complexity index is 578. The fourth-order valence-electron chi connectivity index (χ4n) is 2.53. The molecule has 1 aliphatic heterocycles. The molecule has 1 saturated heterocycles. The number of aromatic nitrogens is 2. The lowest BCUT2D eigenvalue weighted by Gasteiger charge is -2.24. The van der Waals surface area contributed by atoms with E-state index in [0.29, 0.717) is 12.0 Å². The number of nitrogens with zero attached hydrogens (tertiary/aromatic N) is 2. The molecule has 21 heavy (non-hydrogen) atoms. The fraction of sp³-hybridized carbons (Fsp3) is 0.375.